The quantitative estimate of drug-likeness (QED) is 0.572. The third kappa shape index (κ3) is 0.234. The van der Waals surface area contributed by atoms with E-state index >= 15 is 0 Å². The van der Waals surface area contributed by atoms with Crippen LogP contribution in [0.4, 0.5) is 0 Å². The van der Waals surface area contributed by atoms with Gasteiger partial charge in [0.25, 0.3) is 0 Å². The van der Waals surface area contributed by atoms with Crippen molar-refractivity contribution in [2.75, 3.05) is 0 Å². The van der Waals surface area contributed by atoms with Gasteiger partial charge in [-0.05, 0) is 0 Å². The van der Waals surface area contributed by atoms with Gasteiger partial charge in [-0.2, -0.15) is 0 Å². The Balaban J connectivity index is 1.20. The number of benzene rings is 2. The fourth-order valence-electron chi connectivity index (χ4n) is 20.7. The van der Waals surface area contributed by atoms with Gasteiger partial charge in [-0.1, -0.05) is 0 Å². The number of hydrogen-bond acceptors (Lipinski definition) is 2. The summed E-state index contributed by atoms with van der Waals surface area (Å²) in [6, 6.07) is 17.2. The van der Waals surface area contributed by atoms with Gasteiger partial charge in [0.2, 0.25) is 0 Å². The van der Waals surface area contributed by atoms with Crippen LogP contribution < -0.4 is 0 Å². The molecule has 10 aliphatic heterocycles. The molecule has 2 aromatic rings. The van der Waals surface area contributed by atoms with Crippen LogP contribution in [0.5, 0.6) is 0 Å². The molecule has 10 atom stereocenters. The van der Waals surface area contributed by atoms with Crippen molar-refractivity contribution in [2.45, 2.75) is 73.2 Å². The van der Waals surface area contributed by atoms with Crippen molar-refractivity contribution < 1.29 is 16.7 Å². The van der Waals surface area contributed by atoms with Gasteiger partial charge in [-0.15, -0.1) is 0 Å². The molecule has 0 aromatic heterocycles. The Bertz CT molecular complexity index is 1560. The van der Waals surface area contributed by atoms with Crippen LogP contribution >= 0.6 is 0 Å². The third-order valence-corrected chi connectivity index (χ3v) is 62.1. The van der Waals surface area contributed by atoms with E-state index in [9.17, 15) is 10.2 Å². The molecule has 10 unspecified atom stereocenters. The Morgan fingerprint density at radius 3 is 1.31 bits per heavy atom. The van der Waals surface area contributed by atoms with E-state index < -0.39 is 6.51 Å². The number of rotatable bonds is 4. The molecule has 0 aliphatic carbocycles. The van der Waals surface area contributed by atoms with Gasteiger partial charge in [0.15, 0.2) is 0 Å². The number of hydrogen-bond donors (Lipinski definition) is 2. The van der Waals surface area contributed by atoms with E-state index in [-0.39, 0.29) is 12.2 Å². The van der Waals surface area contributed by atoms with Gasteiger partial charge in [-0.3, -0.25) is 0 Å². The molecule has 1 spiro atoms. The fraction of sp³-hybridized carbons (Fsp3) is 0.538. The van der Waals surface area contributed by atoms with E-state index in [2.05, 4.69) is 62.4 Å². The van der Waals surface area contributed by atoms with Crippen molar-refractivity contribution in [3.63, 3.8) is 0 Å². The normalized spacial score (nSPS) is 79.4. The Kier molecular flexibility index (Phi) is 0.738. The van der Waals surface area contributed by atoms with Crippen molar-refractivity contribution in [3.05, 3.63) is 70.8 Å². The van der Waals surface area contributed by atoms with Gasteiger partial charge < -0.3 is 0 Å². The summed E-state index contributed by atoms with van der Waals surface area (Å²) < 4.78 is 0.619. The van der Waals surface area contributed by atoms with Crippen LogP contribution in [0, 0.1) is 13.8 Å². The van der Waals surface area contributed by atoms with E-state index in [1.54, 1.807) is 0 Å². The number of aliphatic hydroxyl groups is 2. The Labute approximate surface area is 160 Å². The first kappa shape index (κ1) is 13.3. The summed E-state index contributed by atoms with van der Waals surface area (Å²) in [5.41, 5.74) is 4.98. The van der Waals surface area contributed by atoms with Gasteiger partial charge in [0.05, 0.1) is 0 Å². The molecule has 3 heteroatoms. The minimum atomic E-state index is -3.95. The Morgan fingerprint density at radius 2 is 1.00 bits per heavy atom. The molecule has 0 radical (unpaired) electrons. The molecule has 2 nitrogen and oxygen atoms in total. The standard InChI is InChI=1S/2C13H13O.Fe/c2*1-10-6-2-5-9-12(10)13(14)11-7-3-4-8-11;/h2*2-9,13-14H,1H3;. The van der Waals surface area contributed by atoms with Crippen LogP contribution in [0.2, 0.25) is 47.2 Å². The Hall–Kier alpha value is -1.12. The van der Waals surface area contributed by atoms with Crippen LogP contribution in [-0.2, 0) is 6.51 Å². The summed E-state index contributed by atoms with van der Waals surface area (Å²) in [6.45, 7) is 0.411. The maximum atomic E-state index is 12.1. The first-order valence-electron chi connectivity index (χ1n) is 11.5. The monoisotopic (exact) mass is 426 g/mol. The zero-order valence-electron chi connectivity index (χ0n) is 16.6. The third-order valence-electron chi connectivity index (χ3n) is 18.8. The summed E-state index contributed by atoms with van der Waals surface area (Å²) in [5.74, 6) is 0. The van der Waals surface area contributed by atoms with Gasteiger partial charge in [0.1, 0.15) is 0 Å². The maximum absolute atomic E-state index is 12.1. The molecule has 29 heavy (non-hydrogen) atoms. The zero-order valence-corrected chi connectivity index (χ0v) is 17.7. The predicted molar refractivity (Wildman–Crippen MR) is 108 cm³/mol. The van der Waals surface area contributed by atoms with Crippen molar-refractivity contribution in [1.82, 2.24) is 0 Å². The minimum absolute atomic E-state index is 0.237. The molecule has 10 saturated heterocycles. The van der Waals surface area contributed by atoms with Crippen LogP contribution in [0.1, 0.15) is 34.5 Å². The van der Waals surface area contributed by atoms with E-state index in [0.29, 0.717) is 8.63 Å². The molecule has 10 heterocycles. The van der Waals surface area contributed by atoms with Crippen LogP contribution in [0.3, 0.4) is 0 Å². The van der Waals surface area contributed by atoms with Crippen LogP contribution in [0.15, 0.2) is 48.5 Å². The second-order valence-corrected chi connectivity index (χ2v) is 37.7. The van der Waals surface area contributed by atoms with Crippen LogP contribution in [-0.4, -0.2) is 10.2 Å². The molecule has 0 amide bonds. The Morgan fingerprint density at radius 1 is 0.655 bits per heavy atom. The number of fused-ring (bicyclic) bond motifs is 10. The van der Waals surface area contributed by atoms with Crippen molar-refractivity contribution >= 4 is 0 Å². The molecule has 12 rings (SSSR count). The zero-order chi connectivity index (χ0) is 19.1. The van der Waals surface area contributed by atoms with Gasteiger partial charge >= 0.3 is 161 Å². The summed E-state index contributed by atoms with van der Waals surface area (Å²) in [6.07, 6.45) is -0.475. The molecular weight excluding hydrogens is 400 g/mol. The first-order chi connectivity index (χ1) is 13.8. The second-order valence-electron chi connectivity index (χ2n) is 14.4. The molecule has 10 aliphatic rings. The van der Waals surface area contributed by atoms with Crippen molar-refractivity contribution in [3.8, 4) is 0 Å². The second kappa shape index (κ2) is 1.61. The van der Waals surface area contributed by atoms with E-state index in [0.717, 1.165) is 38.5 Å². The molecule has 0 bridgehead atoms. The average molecular weight is 426 g/mol. The summed E-state index contributed by atoms with van der Waals surface area (Å²) in [4.78, 5) is 7.89. The molecular formula is C26H26FeO2. The number of aliphatic hydroxyl groups excluding tert-OH is 2. The number of aryl methyl sites for hydroxylation is 2. The van der Waals surface area contributed by atoms with E-state index in [1.165, 1.54) is 22.3 Å². The van der Waals surface area contributed by atoms with Crippen molar-refractivity contribution in [1.29, 1.82) is 0 Å². The van der Waals surface area contributed by atoms with Crippen molar-refractivity contribution in [2.24, 2.45) is 0 Å². The summed E-state index contributed by atoms with van der Waals surface area (Å²) in [5, 5.41) is 24.1. The van der Waals surface area contributed by atoms with E-state index in [1.807, 2.05) is 0 Å². The summed E-state index contributed by atoms with van der Waals surface area (Å²) in [7, 11) is 0. The fourth-order valence-corrected chi connectivity index (χ4v) is 97.7. The first-order valence-corrected chi connectivity index (χ1v) is 17.7. The summed E-state index contributed by atoms with van der Waals surface area (Å²) >= 11 is 0. The van der Waals surface area contributed by atoms with Gasteiger partial charge in [0, 0.05) is 0 Å². The molecule has 2 aromatic carbocycles. The molecule has 2 N–H and O–H groups in total. The molecule has 10 fully saturated rings. The van der Waals surface area contributed by atoms with E-state index in [4.69, 9.17) is 0 Å². The SMILES string of the molecule is Cc1ccccc1C(O)[C]12[CH]3[CH]4[CH]5[CH]1[Fe]45321678[CH]2[CH]1[CH]6[C]7(C(O)c1ccccc1C)[CH]28. The predicted octanol–water partition coefficient (Wildman–Crippen LogP) is 6.20. The topological polar surface area (TPSA) is 40.5 Å². The molecule has 0 saturated carbocycles. The van der Waals surface area contributed by atoms with Gasteiger partial charge in [-0.25, -0.2) is 0 Å². The van der Waals surface area contributed by atoms with Crippen LogP contribution in [0.25, 0.3) is 0 Å². The molecule has 150 valence electrons. The average Bonchev–Trinajstić information content (AvgIpc) is 3.67.